The number of nitrogens with zero attached hydrogens (tertiary/aromatic N) is 1. The standard InChI is InChI=1S/C12H15F3N2O.ClH/c13-8-1-2-9(14)12(15)11(8)10(7-18)17-5-3-16-4-6-17;/h1-2,10,16,18H,3-7H2;1H/t10-;/m0./s1. The minimum atomic E-state index is -1.22. The lowest BCUT2D eigenvalue weighted by Crippen LogP contribution is -2.46. The molecule has 1 fully saturated rings. The van der Waals surface area contributed by atoms with Crippen molar-refractivity contribution in [3.63, 3.8) is 0 Å². The number of halogens is 4. The molecule has 3 nitrogen and oxygen atoms in total. The molecule has 1 aliphatic rings. The molecule has 0 amide bonds. The van der Waals surface area contributed by atoms with E-state index in [-0.39, 0.29) is 18.0 Å². The zero-order valence-electron chi connectivity index (χ0n) is 10.2. The third-order valence-corrected chi connectivity index (χ3v) is 3.18. The van der Waals surface area contributed by atoms with Crippen LogP contribution in [0.2, 0.25) is 0 Å². The second kappa shape index (κ2) is 7.09. The Balaban J connectivity index is 0.00000180. The van der Waals surface area contributed by atoms with Crippen LogP contribution in [0.5, 0.6) is 0 Å². The van der Waals surface area contributed by atoms with E-state index in [0.29, 0.717) is 26.2 Å². The van der Waals surface area contributed by atoms with E-state index in [9.17, 15) is 18.3 Å². The highest BCUT2D eigenvalue weighted by molar-refractivity contribution is 5.85. The van der Waals surface area contributed by atoms with Crippen LogP contribution in [0.4, 0.5) is 13.2 Å². The molecule has 19 heavy (non-hydrogen) atoms. The minimum absolute atomic E-state index is 0. The molecule has 0 spiro atoms. The summed E-state index contributed by atoms with van der Waals surface area (Å²) in [6, 6.07) is 0.793. The van der Waals surface area contributed by atoms with Crippen molar-refractivity contribution in [2.75, 3.05) is 32.8 Å². The molecule has 2 rings (SSSR count). The lowest BCUT2D eigenvalue weighted by Gasteiger charge is -2.34. The number of piperazine rings is 1. The third kappa shape index (κ3) is 3.39. The van der Waals surface area contributed by atoms with Crippen molar-refractivity contribution < 1.29 is 18.3 Å². The molecular weight excluding hydrogens is 281 g/mol. The maximum absolute atomic E-state index is 13.7. The molecule has 1 aromatic carbocycles. The average molecular weight is 297 g/mol. The molecule has 108 valence electrons. The molecule has 0 radical (unpaired) electrons. The van der Waals surface area contributed by atoms with Crippen LogP contribution in [-0.2, 0) is 0 Å². The Kier molecular flexibility index (Phi) is 6.06. The summed E-state index contributed by atoms with van der Waals surface area (Å²) in [5.74, 6) is -3.14. The van der Waals surface area contributed by atoms with E-state index < -0.39 is 30.1 Å². The first-order valence-corrected chi connectivity index (χ1v) is 5.84. The van der Waals surface area contributed by atoms with Crippen molar-refractivity contribution in [2.45, 2.75) is 6.04 Å². The van der Waals surface area contributed by atoms with E-state index in [1.54, 1.807) is 4.90 Å². The Bertz CT molecular complexity index is 428. The van der Waals surface area contributed by atoms with Gasteiger partial charge in [0.1, 0.15) is 5.82 Å². The highest BCUT2D eigenvalue weighted by Crippen LogP contribution is 2.27. The molecule has 0 bridgehead atoms. The Morgan fingerprint density at radius 1 is 1.16 bits per heavy atom. The van der Waals surface area contributed by atoms with Gasteiger partial charge in [-0.1, -0.05) is 0 Å². The van der Waals surface area contributed by atoms with Gasteiger partial charge in [-0.3, -0.25) is 4.90 Å². The van der Waals surface area contributed by atoms with Gasteiger partial charge >= 0.3 is 0 Å². The van der Waals surface area contributed by atoms with E-state index >= 15 is 0 Å². The van der Waals surface area contributed by atoms with Gasteiger partial charge in [0.2, 0.25) is 0 Å². The summed E-state index contributed by atoms with van der Waals surface area (Å²) in [6.45, 7) is 2.02. The van der Waals surface area contributed by atoms with Crippen molar-refractivity contribution in [2.24, 2.45) is 0 Å². The molecule has 0 saturated carbocycles. The van der Waals surface area contributed by atoms with E-state index in [1.807, 2.05) is 0 Å². The van der Waals surface area contributed by atoms with Gasteiger partial charge in [-0.05, 0) is 12.1 Å². The number of hydrogen-bond donors (Lipinski definition) is 2. The first-order valence-electron chi connectivity index (χ1n) is 5.84. The van der Waals surface area contributed by atoms with Gasteiger partial charge in [-0.25, -0.2) is 13.2 Å². The van der Waals surface area contributed by atoms with Crippen LogP contribution < -0.4 is 5.32 Å². The van der Waals surface area contributed by atoms with E-state index in [2.05, 4.69) is 5.32 Å². The Labute approximate surface area is 115 Å². The molecule has 0 unspecified atom stereocenters. The summed E-state index contributed by atoms with van der Waals surface area (Å²) >= 11 is 0. The molecule has 1 aromatic rings. The molecule has 7 heteroatoms. The average Bonchev–Trinajstić information content (AvgIpc) is 2.40. The molecule has 0 aliphatic carbocycles. The van der Waals surface area contributed by atoms with Gasteiger partial charge in [-0.2, -0.15) is 0 Å². The second-order valence-corrected chi connectivity index (χ2v) is 4.24. The Hall–Kier alpha value is -0.820. The van der Waals surface area contributed by atoms with Crippen molar-refractivity contribution >= 4 is 12.4 Å². The fourth-order valence-corrected chi connectivity index (χ4v) is 2.23. The van der Waals surface area contributed by atoms with Gasteiger partial charge in [0.15, 0.2) is 11.6 Å². The van der Waals surface area contributed by atoms with Crippen LogP contribution in [0, 0.1) is 17.5 Å². The summed E-state index contributed by atoms with van der Waals surface area (Å²) < 4.78 is 40.5. The molecular formula is C12H16ClF3N2O. The number of aliphatic hydroxyl groups excluding tert-OH is 1. The normalized spacial score (nSPS) is 17.9. The summed E-state index contributed by atoms with van der Waals surface area (Å²) in [6.07, 6.45) is 0. The van der Waals surface area contributed by atoms with Gasteiger partial charge < -0.3 is 10.4 Å². The van der Waals surface area contributed by atoms with Crippen molar-refractivity contribution in [1.29, 1.82) is 0 Å². The van der Waals surface area contributed by atoms with Crippen LogP contribution in [0.15, 0.2) is 12.1 Å². The Morgan fingerprint density at radius 3 is 2.32 bits per heavy atom. The van der Waals surface area contributed by atoms with Crippen LogP contribution in [0.25, 0.3) is 0 Å². The van der Waals surface area contributed by atoms with Gasteiger partial charge in [0, 0.05) is 31.7 Å². The summed E-state index contributed by atoms with van der Waals surface area (Å²) in [5, 5.41) is 12.5. The van der Waals surface area contributed by atoms with Gasteiger partial charge in [0.05, 0.1) is 12.6 Å². The van der Waals surface area contributed by atoms with Gasteiger partial charge in [0.25, 0.3) is 0 Å². The Morgan fingerprint density at radius 2 is 1.74 bits per heavy atom. The predicted octanol–water partition coefficient (Wildman–Crippen LogP) is 1.46. The third-order valence-electron chi connectivity index (χ3n) is 3.18. The van der Waals surface area contributed by atoms with Crippen molar-refractivity contribution in [3.05, 3.63) is 35.1 Å². The SMILES string of the molecule is Cl.OC[C@@H](c1c(F)ccc(F)c1F)N1CCNCC1. The number of rotatable bonds is 3. The van der Waals surface area contributed by atoms with E-state index in [0.717, 1.165) is 12.1 Å². The highest BCUT2D eigenvalue weighted by Gasteiger charge is 2.28. The van der Waals surface area contributed by atoms with Crippen molar-refractivity contribution in [1.82, 2.24) is 10.2 Å². The fourth-order valence-electron chi connectivity index (χ4n) is 2.23. The molecule has 1 aliphatic heterocycles. The second-order valence-electron chi connectivity index (χ2n) is 4.24. The smallest absolute Gasteiger partial charge is 0.166 e. The molecule has 1 atom stereocenters. The van der Waals surface area contributed by atoms with Gasteiger partial charge in [-0.15, -0.1) is 12.4 Å². The highest BCUT2D eigenvalue weighted by atomic mass is 35.5. The number of hydrogen-bond acceptors (Lipinski definition) is 3. The van der Waals surface area contributed by atoms with Crippen LogP contribution in [0.3, 0.4) is 0 Å². The summed E-state index contributed by atoms with van der Waals surface area (Å²) in [4.78, 5) is 1.75. The maximum Gasteiger partial charge on any atom is 0.166 e. The minimum Gasteiger partial charge on any atom is -0.394 e. The molecule has 1 heterocycles. The lowest BCUT2D eigenvalue weighted by molar-refractivity contribution is 0.105. The first-order chi connectivity index (χ1) is 8.65. The van der Waals surface area contributed by atoms with Crippen LogP contribution >= 0.6 is 12.4 Å². The summed E-state index contributed by atoms with van der Waals surface area (Å²) in [7, 11) is 0. The maximum atomic E-state index is 13.7. The number of aliphatic hydroxyl groups is 1. The monoisotopic (exact) mass is 296 g/mol. The van der Waals surface area contributed by atoms with Crippen LogP contribution in [0.1, 0.15) is 11.6 Å². The lowest BCUT2D eigenvalue weighted by atomic mass is 10.0. The fraction of sp³-hybridized carbons (Fsp3) is 0.500. The topological polar surface area (TPSA) is 35.5 Å². The molecule has 0 aromatic heterocycles. The van der Waals surface area contributed by atoms with Crippen molar-refractivity contribution in [3.8, 4) is 0 Å². The molecule has 2 N–H and O–H groups in total. The predicted molar refractivity (Wildman–Crippen MR) is 67.8 cm³/mol. The van der Waals surface area contributed by atoms with E-state index in [1.165, 1.54) is 0 Å². The largest absolute Gasteiger partial charge is 0.394 e. The number of benzene rings is 1. The molecule has 1 saturated heterocycles. The summed E-state index contributed by atoms with van der Waals surface area (Å²) in [5.41, 5.74) is -0.389. The quantitative estimate of drug-likeness (QED) is 0.829. The zero-order chi connectivity index (χ0) is 13.1. The van der Waals surface area contributed by atoms with Crippen LogP contribution in [-0.4, -0.2) is 42.8 Å². The number of nitrogens with one attached hydrogen (secondary N) is 1. The first kappa shape index (κ1) is 16.2. The van der Waals surface area contributed by atoms with E-state index in [4.69, 9.17) is 0 Å². The zero-order valence-corrected chi connectivity index (χ0v) is 11.0.